The number of non-ortho nitro benzene ring substituents is 1. The maximum absolute atomic E-state index is 12.3. The summed E-state index contributed by atoms with van der Waals surface area (Å²) in [5.41, 5.74) is 2.10. The number of benzene rings is 1. The van der Waals surface area contributed by atoms with E-state index in [0.29, 0.717) is 25.7 Å². The largest absolute Gasteiger partial charge is 0.383 e. The van der Waals surface area contributed by atoms with Gasteiger partial charge in [0.1, 0.15) is 0 Å². The minimum atomic E-state index is -0.426. The van der Waals surface area contributed by atoms with E-state index in [2.05, 4.69) is 26.2 Å². The second kappa shape index (κ2) is 8.68. The van der Waals surface area contributed by atoms with Gasteiger partial charge in [-0.2, -0.15) is 0 Å². The normalized spacial score (nSPS) is 17.0. The Morgan fingerprint density at radius 2 is 2.04 bits per heavy atom. The summed E-state index contributed by atoms with van der Waals surface area (Å²) in [6, 6.07) is 10.7. The number of nitro benzene ring substituents is 1. The summed E-state index contributed by atoms with van der Waals surface area (Å²) >= 11 is 0. The van der Waals surface area contributed by atoms with Crippen LogP contribution in [0.2, 0.25) is 0 Å². The van der Waals surface area contributed by atoms with Crippen LogP contribution in [0.15, 0.2) is 42.6 Å². The van der Waals surface area contributed by atoms with Crippen molar-refractivity contribution in [2.24, 2.45) is 7.05 Å². The van der Waals surface area contributed by atoms with Gasteiger partial charge in [0.15, 0.2) is 0 Å². The standard InChI is InChI=1S/C19H25N5O3/c1-22-12-2-4-17(22)18-5-3-13-23(18)14-19(25)21-11-10-20-15-6-8-16(9-7-15)24(26)27/h2,4,6-9,12,18,20H,3,5,10-11,13-14H2,1H3,(H,21,25)/t18-/m1/s1. The lowest BCUT2D eigenvalue weighted by Crippen LogP contribution is -2.39. The molecule has 0 aliphatic carbocycles. The minimum Gasteiger partial charge on any atom is -0.383 e. The Hall–Kier alpha value is -2.87. The third-order valence-corrected chi connectivity index (χ3v) is 4.89. The van der Waals surface area contributed by atoms with E-state index in [1.54, 1.807) is 12.1 Å². The maximum atomic E-state index is 12.3. The number of hydrogen-bond donors (Lipinski definition) is 2. The summed E-state index contributed by atoms with van der Waals surface area (Å²) in [6.07, 6.45) is 4.22. The van der Waals surface area contributed by atoms with Gasteiger partial charge in [-0.05, 0) is 43.7 Å². The molecule has 0 spiro atoms. The van der Waals surface area contributed by atoms with Crippen LogP contribution in [0.5, 0.6) is 0 Å². The van der Waals surface area contributed by atoms with Crippen LogP contribution in [0.1, 0.15) is 24.6 Å². The highest BCUT2D eigenvalue weighted by Gasteiger charge is 2.28. The first kappa shape index (κ1) is 18.9. The summed E-state index contributed by atoms with van der Waals surface area (Å²) in [5.74, 6) is 0.0154. The molecule has 1 aromatic carbocycles. The van der Waals surface area contributed by atoms with E-state index in [0.717, 1.165) is 25.1 Å². The molecule has 0 radical (unpaired) electrons. The molecule has 1 amide bonds. The Balaban J connectivity index is 1.40. The first-order chi connectivity index (χ1) is 13.0. The second-order valence-electron chi connectivity index (χ2n) is 6.75. The third-order valence-electron chi connectivity index (χ3n) is 4.89. The zero-order chi connectivity index (χ0) is 19.2. The molecule has 1 aliphatic heterocycles. The van der Waals surface area contributed by atoms with Crippen LogP contribution >= 0.6 is 0 Å². The Morgan fingerprint density at radius 1 is 1.26 bits per heavy atom. The van der Waals surface area contributed by atoms with Gasteiger partial charge in [0.25, 0.3) is 5.69 Å². The zero-order valence-corrected chi connectivity index (χ0v) is 15.4. The van der Waals surface area contributed by atoms with Crippen LogP contribution in [-0.4, -0.2) is 46.5 Å². The van der Waals surface area contributed by atoms with Crippen molar-refractivity contribution in [2.45, 2.75) is 18.9 Å². The lowest BCUT2D eigenvalue weighted by molar-refractivity contribution is -0.384. The summed E-state index contributed by atoms with van der Waals surface area (Å²) < 4.78 is 2.12. The van der Waals surface area contributed by atoms with E-state index < -0.39 is 4.92 Å². The van der Waals surface area contributed by atoms with Crippen LogP contribution in [-0.2, 0) is 11.8 Å². The molecule has 27 heavy (non-hydrogen) atoms. The Labute approximate surface area is 158 Å². The average molecular weight is 371 g/mol. The van der Waals surface area contributed by atoms with Crippen molar-refractivity contribution in [2.75, 3.05) is 31.5 Å². The highest BCUT2D eigenvalue weighted by molar-refractivity contribution is 5.78. The van der Waals surface area contributed by atoms with E-state index in [-0.39, 0.29) is 11.6 Å². The molecule has 1 saturated heterocycles. The van der Waals surface area contributed by atoms with E-state index in [1.165, 1.54) is 17.8 Å². The Kier molecular flexibility index (Phi) is 6.08. The number of aryl methyl sites for hydroxylation is 1. The molecule has 1 atom stereocenters. The highest BCUT2D eigenvalue weighted by atomic mass is 16.6. The Morgan fingerprint density at radius 3 is 2.70 bits per heavy atom. The fourth-order valence-electron chi connectivity index (χ4n) is 3.52. The van der Waals surface area contributed by atoms with Crippen molar-refractivity contribution < 1.29 is 9.72 Å². The van der Waals surface area contributed by atoms with Crippen LogP contribution in [0.3, 0.4) is 0 Å². The predicted molar refractivity (Wildman–Crippen MR) is 104 cm³/mol. The molecule has 2 N–H and O–H groups in total. The summed E-state index contributed by atoms with van der Waals surface area (Å²) in [5, 5.41) is 16.7. The lowest BCUT2D eigenvalue weighted by atomic mass is 10.1. The second-order valence-corrected chi connectivity index (χ2v) is 6.75. The van der Waals surface area contributed by atoms with Crippen molar-refractivity contribution in [1.82, 2.24) is 14.8 Å². The smallest absolute Gasteiger partial charge is 0.269 e. The molecule has 1 fully saturated rings. The number of rotatable bonds is 8. The number of carbonyl (C=O) groups is 1. The van der Waals surface area contributed by atoms with Crippen LogP contribution in [0.4, 0.5) is 11.4 Å². The maximum Gasteiger partial charge on any atom is 0.269 e. The van der Waals surface area contributed by atoms with Gasteiger partial charge in [-0.25, -0.2) is 0 Å². The van der Waals surface area contributed by atoms with Crippen molar-refractivity contribution in [1.29, 1.82) is 0 Å². The quantitative estimate of drug-likeness (QED) is 0.422. The zero-order valence-electron chi connectivity index (χ0n) is 15.4. The highest BCUT2D eigenvalue weighted by Crippen LogP contribution is 2.31. The average Bonchev–Trinajstić information content (AvgIpc) is 3.27. The molecular formula is C19H25N5O3. The molecule has 0 bridgehead atoms. The molecule has 0 saturated carbocycles. The first-order valence-electron chi connectivity index (χ1n) is 9.15. The van der Waals surface area contributed by atoms with Crippen molar-refractivity contribution in [3.8, 4) is 0 Å². The third kappa shape index (κ3) is 4.85. The fourth-order valence-corrected chi connectivity index (χ4v) is 3.52. The molecular weight excluding hydrogens is 346 g/mol. The van der Waals surface area contributed by atoms with Gasteiger partial charge in [-0.15, -0.1) is 0 Å². The predicted octanol–water partition coefficient (Wildman–Crippen LogP) is 2.30. The van der Waals surface area contributed by atoms with Gasteiger partial charge in [0.2, 0.25) is 5.91 Å². The number of aromatic nitrogens is 1. The molecule has 0 unspecified atom stereocenters. The van der Waals surface area contributed by atoms with Gasteiger partial charge in [0, 0.05) is 49.8 Å². The molecule has 3 rings (SSSR count). The van der Waals surface area contributed by atoms with E-state index in [1.807, 2.05) is 19.3 Å². The molecule has 1 aromatic heterocycles. The number of likely N-dealkylation sites (tertiary alicyclic amines) is 1. The topological polar surface area (TPSA) is 92.4 Å². The number of nitrogens with zero attached hydrogens (tertiary/aromatic N) is 3. The van der Waals surface area contributed by atoms with Gasteiger partial charge < -0.3 is 15.2 Å². The van der Waals surface area contributed by atoms with Crippen LogP contribution in [0.25, 0.3) is 0 Å². The SMILES string of the molecule is Cn1cccc1[C@H]1CCCN1CC(=O)NCCNc1ccc([N+](=O)[O-])cc1. The Bertz CT molecular complexity index is 787. The molecule has 144 valence electrons. The van der Waals surface area contributed by atoms with Crippen molar-refractivity contribution in [3.63, 3.8) is 0 Å². The van der Waals surface area contributed by atoms with Crippen molar-refractivity contribution in [3.05, 3.63) is 58.4 Å². The van der Waals surface area contributed by atoms with Gasteiger partial charge in [0.05, 0.1) is 17.5 Å². The van der Waals surface area contributed by atoms with Crippen LogP contribution in [0, 0.1) is 10.1 Å². The van der Waals surface area contributed by atoms with Gasteiger partial charge in [-0.3, -0.25) is 19.8 Å². The van der Waals surface area contributed by atoms with E-state index >= 15 is 0 Å². The summed E-state index contributed by atoms with van der Waals surface area (Å²) in [6.45, 7) is 2.39. The number of carbonyl (C=O) groups excluding carboxylic acids is 1. The van der Waals surface area contributed by atoms with Gasteiger partial charge >= 0.3 is 0 Å². The molecule has 8 heteroatoms. The van der Waals surface area contributed by atoms with Crippen LogP contribution < -0.4 is 10.6 Å². The lowest BCUT2D eigenvalue weighted by Gasteiger charge is -2.24. The van der Waals surface area contributed by atoms with Crippen molar-refractivity contribution >= 4 is 17.3 Å². The van der Waals surface area contributed by atoms with Gasteiger partial charge in [-0.1, -0.05) is 0 Å². The molecule has 1 aliphatic rings. The molecule has 8 nitrogen and oxygen atoms in total. The number of nitrogens with one attached hydrogen (secondary N) is 2. The molecule has 2 aromatic rings. The summed E-state index contributed by atoms with van der Waals surface area (Å²) in [7, 11) is 2.04. The minimum absolute atomic E-state index is 0.0154. The monoisotopic (exact) mass is 371 g/mol. The first-order valence-corrected chi connectivity index (χ1v) is 9.15. The molecule has 2 heterocycles. The summed E-state index contributed by atoms with van der Waals surface area (Å²) in [4.78, 5) is 24.7. The number of amides is 1. The number of nitro groups is 1. The number of anilines is 1. The fraction of sp³-hybridized carbons (Fsp3) is 0.421. The van der Waals surface area contributed by atoms with E-state index in [9.17, 15) is 14.9 Å². The van der Waals surface area contributed by atoms with E-state index in [4.69, 9.17) is 0 Å². The number of hydrogen-bond acceptors (Lipinski definition) is 5.